The SMILES string of the molecule is CC(C)c1ccc(CN2CCN(c3cccc(Cl)c3)CC2)c(O)c(=O)c1. The Kier molecular flexibility index (Phi) is 5.84. The van der Waals surface area contributed by atoms with E-state index in [1.807, 2.05) is 44.2 Å². The van der Waals surface area contributed by atoms with Crippen molar-refractivity contribution in [3.63, 3.8) is 0 Å². The summed E-state index contributed by atoms with van der Waals surface area (Å²) in [7, 11) is 0. The molecule has 3 rings (SSSR count). The van der Waals surface area contributed by atoms with Gasteiger partial charge in [0.15, 0.2) is 5.75 Å². The Bertz CT molecular complexity index is 830. The van der Waals surface area contributed by atoms with E-state index in [-0.39, 0.29) is 17.1 Å². The van der Waals surface area contributed by atoms with Crippen LogP contribution in [0.25, 0.3) is 0 Å². The van der Waals surface area contributed by atoms with Crippen LogP contribution in [0.3, 0.4) is 0 Å². The van der Waals surface area contributed by atoms with Gasteiger partial charge in [0.1, 0.15) is 0 Å². The summed E-state index contributed by atoms with van der Waals surface area (Å²) in [5.41, 5.74) is 2.47. The van der Waals surface area contributed by atoms with Crippen molar-refractivity contribution >= 4 is 17.3 Å². The second-order valence-electron chi connectivity index (χ2n) is 7.11. The predicted octanol–water partition coefficient (Wildman–Crippen LogP) is 3.85. The van der Waals surface area contributed by atoms with Crippen molar-refractivity contribution in [2.24, 2.45) is 0 Å². The van der Waals surface area contributed by atoms with E-state index in [1.54, 1.807) is 6.07 Å². The van der Waals surface area contributed by atoms with Crippen molar-refractivity contribution in [1.29, 1.82) is 0 Å². The van der Waals surface area contributed by atoms with Crippen molar-refractivity contribution in [2.45, 2.75) is 26.3 Å². The Hall–Kier alpha value is -2.04. The summed E-state index contributed by atoms with van der Waals surface area (Å²) in [4.78, 5) is 16.8. The molecule has 0 atom stereocenters. The van der Waals surface area contributed by atoms with Gasteiger partial charge in [-0.25, -0.2) is 0 Å². The summed E-state index contributed by atoms with van der Waals surface area (Å²) in [6.45, 7) is 8.19. The molecule has 5 heteroatoms. The molecule has 2 aromatic rings. The van der Waals surface area contributed by atoms with E-state index < -0.39 is 0 Å². The van der Waals surface area contributed by atoms with Crippen LogP contribution in [0.5, 0.6) is 5.75 Å². The normalized spacial score (nSPS) is 15.5. The van der Waals surface area contributed by atoms with Crippen molar-refractivity contribution in [2.75, 3.05) is 31.1 Å². The summed E-state index contributed by atoms with van der Waals surface area (Å²) in [5.74, 6) is 0.123. The average Bonchev–Trinajstić information content (AvgIpc) is 2.76. The fourth-order valence-electron chi connectivity index (χ4n) is 3.27. The molecule has 1 saturated heterocycles. The lowest BCUT2D eigenvalue weighted by molar-refractivity contribution is 0.246. The molecule has 0 aromatic heterocycles. The second kappa shape index (κ2) is 8.11. The summed E-state index contributed by atoms with van der Waals surface area (Å²) >= 11 is 6.09. The van der Waals surface area contributed by atoms with E-state index in [1.165, 1.54) is 0 Å². The van der Waals surface area contributed by atoms with Gasteiger partial charge in [-0.2, -0.15) is 0 Å². The maximum Gasteiger partial charge on any atom is 0.220 e. The number of aromatic hydroxyl groups is 1. The lowest BCUT2D eigenvalue weighted by Crippen LogP contribution is -2.46. The number of rotatable bonds is 4. The Morgan fingerprint density at radius 3 is 2.46 bits per heavy atom. The molecule has 4 nitrogen and oxygen atoms in total. The van der Waals surface area contributed by atoms with Crippen molar-refractivity contribution in [1.82, 2.24) is 4.90 Å². The molecule has 1 aliphatic heterocycles. The van der Waals surface area contributed by atoms with Crippen LogP contribution in [0.4, 0.5) is 5.69 Å². The Morgan fingerprint density at radius 1 is 1.08 bits per heavy atom. The van der Waals surface area contributed by atoms with E-state index >= 15 is 0 Å². The van der Waals surface area contributed by atoms with Gasteiger partial charge in [0.2, 0.25) is 5.43 Å². The van der Waals surface area contributed by atoms with Crippen LogP contribution in [0, 0.1) is 0 Å². The van der Waals surface area contributed by atoms with Crippen LogP contribution in [-0.4, -0.2) is 36.2 Å². The van der Waals surface area contributed by atoms with Gasteiger partial charge in [-0.1, -0.05) is 43.6 Å². The summed E-state index contributed by atoms with van der Waals surface area (Å²) < 4.78 is 0. The molecule has 1 heterocycles. The fourth-order valence-corrected chi connectivity index (χ4v) is 3.45. The first-order valence-corrected chi connectivity index (χ1v) is 9.41. The molecule has 1 aliphatic rings. The zero-order valence-electron chi connectivity index (χ0n) is 15.3. The number of hydrogen-bond acceptors (Lipinski definition) is 4. The third kappa shape index (κ3) is 4.37. The topological polar surface area (TPSA) is 43.8 Å². The Labute approximate surface area is 159 Å². The molecule has 1 N–H and O–H groups in total. The Morgan fingerprint density at radius 2 is 1.81 bits per heavy atom. The van der Waals surface area contributed by atoms with Crippen LogP contribution >= 0.6 is 11.6 Å². The molecular weight excluding hydrogens is 348 g/mol. The minimum Gasteiger partial charge on any atom is -0.504 e. The van der Waals surface area contributed by atoms with Gasteiger partial charge in [0.25, 0.3) is 0 Å². The lowest BCUT2D eigenvalue weighted by Gasteiger charge is -2.36. The molecule has 26 heavy (non-hydrogen) atoms. The number of nitrogens with zero attached hydrogens (tertiary/aromatic N) is 2. The smallest absolute Gasteiger partial charge is 0.220 e. The van der Waals surface area contributed by atoms with E-state index in [4.69, 9.17) is 11.6 Å². The van der Waals surface area contributed by atoms with Gasteiger partial charge in [-0.3, -0.25) is 9.69 Å². The van der Waals surface area contributed by atoms with Crippen LogP contribution < -0.4 is 10.3 Å². The minimum atomic E-state index is -0.300. The number of piperazine rings is 1. The predicted molar refractivity (Wildman–Crippen MR) is 107 cm³/mol. The second-order valence-corrected chi connectivity index (χ2v) is 7.55. The van der Waals surface area contributed by atoms with Gasteiger partial charge in [0, 0.05) is 49.0 Å². The number of hydrogen-bond donors (Lipinski definition) is 1. The molecule has 138 valence electrons. The molecule has 1 fully saturated rings. The molecule has 0 unspecified atom stereocenters. The molecule has 0 saturated carbocycles. The molecule has 0 aliphatic carbocycles. The van der Waals surface area contributed by atoms with Crippen molar-refractivity contribution in [3.8, 4) is 5.75 Å². The van der Waals surface area contributed by atoms with Gasteiger partial charge in [-0.05, 0) is 35.7 Å². The average molecular weight is 373 g/mol. The first-order chi connectivity index (χ1) is 12.4. The van der Waals surface area contributed by atoms with Crippen molar-refractivity contribution in [3.05, 3.63) is 68.8 Å². The number of halogens is 1. The third-order valence-electron chi connectivity index (χ3n) is 4.92. The maximum absolute atomic E-state index is 12.2. The molecule has 0 spiro atoms. The van der Waals surface area contributed by atoms with Gasteiger partial charge in [0.05, 0.1) is 0 Å². The summed E-state index contributed by atoms with van der Waals surface area (Å²) in [6, 6.07) is 13.3. The first kappa shape index (κ1) is 18.7. The maximum atomic E-state index is 12.2. The number of benzene rings is 1. The first-order valence-electron chi connectivity index (χ1n) is 9.03. The highest BCUT2D eigenvalue weighted by atomic mass is 35.5. The molecule has 0 bridgehead atoms. The van der Waals surface area contributed by atoms with Gasteiger partial charge < -0.3 is 10.0 Å². The zero-order chi connectivity index (χ0) is 18.7. The number of anilines is 1. The highest BCUT2D eigenvalue weighted by molar-refractivity contribution is 6.30. The Balaban J connectivity index is 1.69. The van der Waals surface area contributed by atoms with E-state index in [9.17, 15) is 9.90 Å². The highest BCUT2D eigenvalue weighted by Gasteiger charge is 2.19. The van der Waals surface area contributed by atoms with Gasteiger partial charge in [-0.15, -0.1) is 0 Å². The standard InChI is InChI=1S/C21H25ClN2O2/c1-15(2)16-6-7-17(21(26)20(25)12-16)14-23-8-10-24(11-9-23)19-5-3-4-18(22)13-19/h3-7,12-13,15H,8-11,14H2,1-2H3,(H,25,26). The third-order valence-corrected chi connectivity index (χ3v) is 5.15. The van der Waals surface area contributed by atoms with Crippen LogP contribution in [0.15, 0.2) is 47.3 Å². The highest BCUT2D eigenvalue weighted by Crippen LogP contribution is 2.22. The molecule has 2 aromatic carbocycles. The largest absolute Gasteiger partial charge is 0.504 e. The van der Waals surface area contributed by atoms with Gasteiger partial charge >= 0.3 is 0 Å². The molecule has 0 radical (unpaired) electrons. The van der Waals surface area contributed by atoms with E-state index in [0.29, 0.717) is 12.1 Å². The minimum absolute atomic E-state index is 0.130. The zero-order valence-corrected chi connectivity index (χ0v) is 16.0. The monoisotopic (exact) mass is 372 g/mol. The summed E-state index contributed by atoms with van der Waals surface area (Å²) in [5, 5.41) is 11.0. The van der Waals surface area contributed by atoms with E-state index in [0.717, 1.165) is 42.5 Å². The fraction of sp³-hybridized carbons (Fsp3) is 0.381. The van der Waals surface area contributed by atoms with Crippen LogP contribution in [0.1, 0.15) is 30.9 Å². The van der Waals surface area contributed by atoms with Crippen LogP contribution in [0.2, 0.25) is 5.02 Å². The van der Waals surface area contributed by atoms with E-state index in [2.05, 4.69) is 15.9 Å². The summed E-state index contributed by atoms with van der Waals surface area (Å²) in [6.07, 6.45) is 0. The quantitative estimate of drug-likeness (QED) is 0.885. The lowest BCUT2D eigenvalue weighted by atomic mass is 10.1. The molecular formula is C21H25ClN2O2. The van der Waals surface area contributed by atoms with Crippen LogP contribution in [-0.2, 0) is 6.54 Å². The molecule has 0 amide bonds. The van der Waals surface area contributed by atoms with Crippen molar-refractivity contribution < 1.29 is 5.11 Å².